The Hall–Kier alpha value is -4.68. The smallest absolute Gasteiger partial charge is 0.341 e. The van der Waals surface area contributed by atoms with Crippen molar-refractivity contribution in [3.63, 3.8) is 0 Å². The summed E-state index contributed by atoms with van der Waals surface area (Å²) >= 11 is 0. The van der Waals surface area contributed by atoms with Gasteiger partial charge in [-0.3, -0.25) is 14.5 Å². The lowest BCUT2D eigenvalue weighted by Crippen LogP contribution is -2.30. The fourth-order valence-electron chi connectivity index (χ4n) is 4.74. The van der Waals surface area contributed by atoms with Crippen molar-refractivity contribution < 1.29 is 24.2 Å². The highest BCUT2D eigenvalue weighted by Crippen LogP contribution is 2.42. The Morgan fingerprint density at radius 2 is 1.68 bits per heavy atom. The third-order valence-electron chi connectivity index (χ3n) is 7.00. The molecule has 0 radical (unpaired) electrons. The number of carbonyl (C=O) groups excluding carboxylic acids is 2. The number of ketones is 1. The molecule has 1 atom stereocenters. The monoisotopic (exact) mass is 612 g/mol. The quantitative estimate of drug-likeness (QED) is 0.103. The number of nitrogens with zero attached hydrogens (tertiary/aromatic N) is 6. The number of Topliss-reactive ketones (excluding diaryl/α,β-unsaturated/α-hetero) is 1. The van der Waals surface area contributed by atoms with Crippen molar-refractivity contribution in [1.82, 2.24) is 25.0 Å². The minimum absolute atomic E-state index is 0.0398. The van der Waals surface area contributed by atoms with Crippen LogP contribution in [-0.4, -0.2) is 56.1 Å². The predicted octanol–water partition coefficient (Wildman–Crippen LogP) is 5.77. The molecule has 1 aliphatic heterocycles. The number of hydrogen-bond donors (Lipinski definition) is 1. The molecule has 0 bridgehead atoms. The number of anilines is 1. The Bertz CT molecular complexity index is 1680. The summed E-state index contributed by atoms with van der Waals surface area (Å²) in [6.45, 7) is 12.9. The highest BCUT2D eigenvalue weighted by molar-refractivity contribution is 6.76. The van der Waals surface area contributed by atoms with Crippen LogP contribution >= 0.6 is 0 Å². The zero-order chi connectivity index (χ0) is 31.6. The van der Waals surface area contributed by atoms with Crippen LogP contribution < -0.4 is 9.64 Å². The van der Waals surface area contributed by atoms with E-state index in [2.05, 4.69) is 53.8 Å². The zero-order valence-electron chi connectivity index (χ0n) is 25.7. The molecule has 1 N–H and O–H groups in total. The van der Waals surface area contributed by atoms with Crippen LogP contribution in [0.2, 0.25) is 19.6 Å². The molecule has 1 unspecified atom stereocenters. The van der Waals surface area contributed by atoms with E-state index in [0.717, 1.165) is 5.56 Å². The molecule has 3 heterocycles. The fourth-order valence-corrected chi connectivity index (χ4v) is 5.45. The average Bonchev–Trinajstić information content (AvgIpc) is 3.54. The second kappa shape index (κ2) is 12.5. The topological polar surface area (TPSA) is 133 Å². The van der Waals surface area contributed by atoms with Crippen LogP contribution in [0.4, 0.5) is 5.82 Å². The van der Waals surface area contributed by atoms with Crippen molar-refractivity contribution >= 4 is 31.3 Å². The highest BCUT2D eigenvalue weighted by Gasteiger charge is 2.47. The van der Waals surface area contributed by atoms with Gasteiger partial charge in [0.2, 0.25) is 0 Å². The summed E-state index contributed by atoms with van der Waals surface area (Å²) in [5.41, 5.74) is 2.71. The van der Waals surface area contributed by atoms with Crippen LogP contribution in [-0.2, 0) is 21.1 Å². The standard InChI is InChI=1S/C32H36N6O5Si/c1-20(2)22-8-10-24(11-9-22)29(39)27-28(38(31(41)30(27)40)26-16-7-21(3)34-35-26)23-12-14-25(15-13-23)43-32-33-17-37(36-32)18-42-19-44(4,5)6/h7-17,20,28,39H,18-19H2,1-6H3/b29-27-. The number of ether oxygens (including phenoxy) is 2. The Labute approximate surface area is 257 Å². The third kappa shape index (κ3) is 6.76. The lowest BCUT2D eigenvalue weighted by Gasteiger charge is -2.24. The van der Waals surface area contributed by atoms with Gasteiger partial charge in [0.15, 0.2) is 5.82 Å². The number of carbonyl (C=O) groups is 2. The van der Waals surface area contributed by atoms with Gasteiger partial charge < -0.3 is 14.6 Å². The van der Waals surface area contributed by atoms with Crippen LogP contribution in [0, 0.1) is 6.92 Å². The van der Waals surface area contributed by atoms with Crippen molar-refractivity contribution in [1.29, 1.82) is 0 Å². The second-order valence-electron chi connectivity index (χ2n) is 12.3. The van der Waals surface area contributed by atoms with E-state index in [-0.39, 0.29) is 29.9 Å². The SMILES string of the molecule is Cc1ccc(N2C(=O)C(=O)/C(=C(\O)c3ccc(C(C)C)cc3)C2c2ccc(Oc3ncn(COC[Si](C)(C)C)n3)cc2)nn1. The van der Waals surface area contributed by atoms with Gasteiger partial charge in [-0.2, -0.15) is 10.1 Å². The molecule has 5 rings (SSSR count). The summed E-state index contributed by atoms with van der Waals surface area (Å²) in [7, 11) is -1.34. The molecule has 0 aliphatic carbocycles. The van der Waals surface area contributed by atoms with E-state index in [9.17, 15) is 14.7 Å². The summed E-state index contributed by atoms with van der Waals surface area (Å²) in [4.78, 5) is 32.3. The van der Waals surface area contributed by atoms with E-state index in [1.54, 1.807) is 60.1 Å². The van der Waals surface area contributed by atoms with Gasteiger partial charge in [0.1, 0.15) is 24.6 Å². The Balaban J connectivity index is 1.46. The maximum absolute atomic E-state index is 13.5. The maximum Gasteiger partial charge on any atom is 0.341 e. The van der Waals surface area contributed by atoms with E-state index in [0.29, 0.717) is 34.7 Å². The van der Waals surface area contributed by atoms with Crippen LogP contribution in [0.5, 0.6) is 11.8 Å². The third-order valence-corrected chi connectivity index (χ3v) is 8.08. The first-order chi connectivity index (χ1) is 20.9. The number of benzene rings is 2. The van der Waals surface area contributed by atoms with Gasteiger partial charge in [-0.05, 0) is 48.2 Å². The number of amides is 1. The average molecular weight is 613 g/mol. The molecule has 228 valence electrons. The van der Waals surface area contributed by atoms with E-state index in [4.69, 9.17) is 9.47 Å². The van der Waals surface area contributed by atoms with Crippen LogP contribution in [0.1, 0.15) is 48.2 Å². The van der Waals surface area contributed by atoms with Gasteiger partial charge in [0, 0.05) is 11.8 Å². The molecule has 1 saturated heterocycles. The van der Waals surface area contributed by atoms with Gasteiger partial charge >= 0.3 is 11.9 Å². The van der Waals surface area contributed by atoms with Crippen molar-refractivity contribution in [3.8, 4) is 11.8 Å². The van der Waals surface area contributed by atoms with Crippen LogP contribution in [0.25, 0.3) is 5.76 Å². The number of aliphatic hydroxyl groups excluding tert-OH is 1. The van der Waals surface area contributed by atoms with E-state index < -0.39 is 25.8 Å². The summed E-state index contributed by atoms with van der Waals surface area (Å²) in [5.74, 6) is -0.939. The van der Waals surface area contributed by atoms with E-state index in [1.807, 2.05) is 12.1 Å². The molecule has 12 heteroatoms. The maximum atomic E-state index is 13.5. The minimum atomic E-state index is -1.34. The number of aromatic nitrogens is 5. The van der Waals surface area contributed by atoms with E-state index in [1.165, 1.54) is 11.2 Å². The Morgan fingerprint density at radius 3 is 2.30 bits per heavy atom. The minimum Gasteiger partial charge on any atom is -0.507 e. The number of hydrogen-bond acceptors (Lipinski definition) is 9. The van der Waals surface area contributed by atoms with Crippen molar-refractivity contribution in [3.05, 3.63) is 94.9 Å². The summed E-state index contributed by atoms with van der Waals surface area (Å²) in [6.07, 6.45) is 2.24. The first kappa shape index (κ1) is 30.8. The molecule has 11 nitrogen and oxygen atoms in total. The zero-order valence-corrected chi connectivity index (χ0v) is 26.7. The second-order valence-corrected chi connectivity index (χ2v) is 17.7. The van der Waals surface area contributed by atoms with Gasteiger partial charge in [0.05, 0.1) is 25.4 Å². The molecule has 2 aromatic heterocycles. The van der Waals surface area contributed by atoms with Gasteiger partial charge in [0.25, 0.3) is 5.78 Å². The normalized spacial score (nSPS) is 16.6. The van der Waals surface area contributed by atoms with Crippen molar-refractivity contribution in [2.24, 2.45) is 0 Å². The number of rotatable bonds is 10. The van der Waals surface area contributed by atoms with Gasteiger partial charge in [-0.1, -0.05) is 69.9 Å². The Morgan fingerprint density at radius 1 is 0.977 bits per heavy atom. The molecule has 1 fully saturated rings. The van der Waals surface area contributed by atoms with Crippen molar-refractivity contribution in [2.75, 3.05) is 11.1 Å². The predicted molar refractivity (Wildman–Crippen MR) is 168 cm³/mol. The summed E-state index contributed by atoms with van der Waals surface area (Å²) in [6, 6.07) is 16.7. The molecule has 1 aliphatic rings. The van der Waals surface area contributed by atoms with Gasteiger partial charge in [-0.15, -0.1) is 10.2 Å². The molecule has 0 spiro atoms. The van der Waals surface area contributed by atoms with Crippen LogP contribution in [0.15, 0.2) is 72.6 Å². The Kier molecular flexibility index (Phi) is 8.74. The molecule has 0 saturated carbocycles. The summed E-state index contributed by atoms with van der Waals surface area (Å²) in [5, 5.41) is 24.0. The first-order valence-electron chi connectivity index (χ1n) is 14.4. The first-order valence-corrected chi connectivity index (χ1v) is 18.1. The fraction of sp³-hybridized carbons (Fsp3) is 0.312. The number of aryl methyl sites for hydroxylation is 1. The number of aliphatic hydroxyl groups is 1. The van der Waals surface area contributed by atoms with Gasteiger partial charge in [-0.25, -0.2) is 4.68 Å². The lowest BCUT2D eigenvalue weighted by atomic mass is 9.94. The largest absolute Gasteiger partial charge is 0.507 e. The molecule has 4 aromatic rings. The molecular weight excluding hydrogens is 576 g/mol. The van der Waals surface area contributed by atoms with Crippen LogP contribution in [0.3, 0.4) is 0 Å². The molecule has 1 amide bonds. The lowest BCUT2D eigenvalue weighted by molar-refractivity contribution is -0.132. The summed E-state index contributed by atoms with van der Waals surface area (Å²) < 4.78 is 13.1. The molecule has 2 aromatic carbocycles. The highest BCUT2D eigenvalue weighted by atomic mass is 28.3. The molecule has 44 heavy (non-hydrogen) atoms. The molecular formula is C32H36N6O5Si. The van der Waals surface area contributed by atoms with E-state index >= 15 is 0 Å². The van der Waals surface area contributed by atoms with Crippen molar-refractivity contribution in [2.45, 2.75) is 59.1 Å².